The Balaban J connectivity index is 1.41. The van der Waals surface area contributed by atoms with Crippen LogP contribution in [0.25, 0.3) is 0 Å². The van der Waals surface area contributed by atoms with Gasteiger partial charge >= 0.3 is 6.03 Å². The largest absolute Gasteiger partial charge is 0.484 e. The summed E-state index contributed by atoms with van der Waals surface area (Å²) in [5.74, 6) is 0.271. The van der Waals surface area contributed by atoms with Crippen molar-refractivity contribution >= 4 is 11.9 Å². The molecule has 0 aromatic heterocycles. The Morgan fingerprint density at radius 1 is 1.04 bits per heavy atom. The van der Waals surface area contributed by atoms with E-state index in [9.17, 15) is 9.59 Å². The van der Waals surface area contributed by atoms with Crippen LogP contribution in [0.4, 0.5) is 4.79 Å². The van der Waals surface area contributed by atoms with Crippen LogP contribution < -0.4 is 15.4 Å². The number of fused-ring (bicyclic) bond motifs is 1. The van der Waals surface area contributed by atoms with E-state index in [4.69, 9.17) is 4.74 Å². The van der Waals surface area contributed by atoms with E-state index in [0.717, 1.165) is 38.5 Å². The minimum Gasteiger partial charge on any atom is -0.484 e. The smallest absolute Gasteiger partial charge is 0.321 e. The number of hydrogen-bond donors (Lipinski definition) is 2. The maximum Gasteiger partial charge on any atom is 0.321 e. The summed E-state index contributed by atoms with van der Waals surface area (Å²) in [4.78, 5) is 23.6. The second-order valence-corrected chi connectivity index (χ2v) is 6.43. The van der Waals surface area contributed by atoms with Crippen LogP contribution in [0.1, 0.15) is 49.7 Å². The average Bonchev–Trinajstić information content (AvgIpc) is 3.01. The molecule has 1 aromatic rings. The monoisotopic (exact) mass is 316 g/mol. The number of amides is 3. The van der Waals surface area contributed by atoms with E-state index in [1.54, 1.807) is 0 Å². The summed E-state index contributed by atoms with van der Waals surface area (Å²) in [5, 5.41) is 5.19. The van der Waals surface area contributed by atoms with Crippen LogP contribution in [0, 0.1) is 0 Å². The normalized spacial score (nSPS) is 17.4. The SMILES string of the molecule is O=C(COc1ccc2c(c1)CCC2)NC(=O)NC1CCCCC1. The highest BCUT2D eigenvalue weighted by Gasteiger charge is 2.17. The van der Waals surface area contributed by atoms with Crippen LogP contribution in [-0.4, -0.2) is 24.6 Å². The molecule has 1 saturated carbocycles. The summed E-state index contributed by atoms with van der Waals surface area (Å²) in [6, 6.07) is 5.72. The van der Waals surface area contributed by atoms with Crippen LogP contribution in [0.15, 0.2) is 18.2 Å². The Bertz CT molecular complexity index is 580. The van der Waals surface area contributed by atoms with Crippen molar-refractivity contribution in [2.24, 2.45) is 0 Å². The molecule has 0 spiro atoms. The Kier molecular flexibility index (Phi) is 5.16. The Labute approximate surface area is 136 Å². The molecule has 3 rings (SSSR count). The minimum absolute atomic E-state index is 0.142. The number of imide groups is 1. The lowest BCUT2D eigenvalue weighted by molar-refractivity contribution is -0.122. The molecule has 0 bridgehead atoms. The Morgan fingerprint density at radius 2 is 1.83 bits per heavy atom. The lowest BCUT2D eigenvalue weighted by Gasteiger charge is -2.22. The quantitative estimate of drug-likeness (QED) is 0.897. The van der Waals surface area contributed by atoms with E-state index >= 15 is 0 Å². The highest BCUT2D eigenvalue weighted by molar-refractivity contribution is 5.95. The zero-order valence-corrected chi connectivity index (χ0v) is 13.4. The fourth-order valence-electron chi connectivity index (χ4n) is 3.42. The molecule has 5 heteroatoms. The van der Waals surface area contributed by atoms with Gasteiger partial charge in [-0.1, -0.05) is 25.3 Å². The summed E-state index contributed by atoms with van der Waals surface area (Å²) in [7, 11) is 0. The topological polar surface area (TPSA) is 67.4 Å². The number of aryl methyl sites for hydroxylation is 2. The highest BCUT2D eigenvalue weighted by Crippen LogP contribution is 2.25. The average molecular weight is 316 g/mol. The van der Waals surface area contributed by atoms with E-state index in [0.29, 0.717) is 5.75 Å². The fraction of sp³-hybridized carbons (Fsp3) is 0.556. The third kappa shape index (κ3) is 4.47. The van der Waals surface area contributed by atoms with Gasteiger partial charge in [0.05, 0.1) is 0 Å². The van der Waals surface area contributed by atoms with Gasteiger partial charge in [0.15, 0.2) is 6.61 Å². The lowest BCUT2D eigenvalue weighted by atomic mass is 9.96. The van der Waals surface area contributed by atoms with E-state index in [1.807, 2.05) is 12.1 Å². The molecule has 0 radical (unpaired) electrons. The van der Waals surface area contributed by atoms with E-state index in [1.165, 1.54) is 24.0 Å². The molecular weight excluding hydrogens is 292 g/mol. The molecular formula is C18H24N2O3. The van der Waals surface area contributed by atoms with Crippen molar-refractivity contribution in [1.29, 1.82) is 0 Å². The first-order valence-corrected chi connectivity index (χ1v) is 8.55. The number of nitrogens with one attached hydrogen (secondary N) is 2. The molecule has 0 aliphatic heterocycles. The third-order valence-corrected chi connectivity index (χ3v) is 4.63. The van der Waals surface area contributed by atoms with Crippen LogP contribution in [-0.2, 0) is 17.6 Å². The lowest BCUT2D eigenvalue weighted by Crippen LogP contribution is -2.46. The molecule has 0 heterocycles. The maximum atomic E-state index is 11.8. The second kappa shape index (κ2) is 7.49. The highest BCUT2D eigenvalue weighted by atomic mass is 16.5. The number of hydrogen-bond acceptors (Lipinski definition) is 3. The minimum atomic E-state index is -0.418. The Hall–Kier alpha value is -2.04. The molecule has 5 nitrogen and oxygen atoms in total. The second-order valence-electron chi connectivity index (χ2n) is 6.43. The fourth-order valence-corrected chi connectivity index (χ4v) is 3.42. The summed E-state index contributed by atoms with van der Waals surface area (Å²) >= 11 is 0. The standard InChI is InChI=1S/C18H24N2O3/c21-17(20-18(22)19-15-7-2-1-3-8-15)12-23-16-10-9-13-5-4-6-14(13)11-16/h9-11,15H,1-8,12H2,(H2,19,20,21,22). The van der Waals surface area contributed by atoms with Gasteiger partial charge in [-0.05, 0) is 55.4 Å². The molecule has 0 atom stereocenters. The number of benzene rings is 1. The predicted molar refractivity (Wildman–Crippen MR) is 87.5 cm³/mol. The summed E-state index contributed by atoms with van der Waals surface area (Å²) in [6.07, 6.45) is 8.87. The summed E-state index contributed by atoms with van der Waals surface area (Å²) in [5.41, 5.74) is 2.67. The van der Waals surface area contributed by atoms with E-state index in [-0.39, 0.29) is 12.6 Å². The zero-order chi connectivity index (χ0) is 16.1. The number of carbonyl (C=O) groups is 2. The van der Waals surface area contributed by atoms with Gasteiger partial charge in [0.25, 0.3) is 5.91 Å². The van der Waals surface area contributed by atoms with Crippen molar-refractivity contribution in [2.45, 2.75) is 57.4 Å². The first kappa shape index (κ1) is 15.8. The molecule has 0 unspecified atom stereocenters. The van der Waals surface area contributed by atoms with Gasteiger partial charge in [-0.3, -0.25) is 10.1 Å². The molecule has 2 N–H and O–H groups in total. The van der Waals surface area contributed by atoms with Crippen molar-refractivity contribution in [3.63, 3.8) is 0 Å². The van der Waals surface area contributed by atoms with Crippen molar-refractivity contribution in [1.82, 2.24) is 10.6 Å². The zero-order valence-electron chi connectivity index (χ0n) is 13.4. The van der Waals surface area contributed by atoms with Crippen molar-refractivity contribution in [2.75, 3.05) is 6.61 Å². The molecule has 1 fully saturated rings. The first-order chi connectivity index (χ1) is 11.2. The van der Waals surface area contributed by atoms with Crippen LogP contribution in [0.5, 0.6) is 5.75 Å². The summed E-state index contributed by atoms with van der Waals surface area (Å²) < 4.78 is 5.49. The number of carbonyl (C=O) groups excluding carboxylic acids is 2. The molecule has 0 saturated heterocycles. The van der Waals surface area contributed by atoms with Gasteiger partial charge in [0, 0.05) is 6.04 Å². The van der Waals surface area contributed by atoms with Crippen LogP contribution in [0.3, 0.4) is 0 Å². The third-order valence-electron chi connectivity index (χ3n) is 4.63. The molecule has 2 aliphatic rings. The van der Waals surface area contributed by atoms with Gasteiger partial charge in [-0.15, -0.1) is 0 Å². The van der Waals surface area contributed by atoms with Gasteiger partial charge in [-0.2, -0.15) is 0 Å². The van der Waals surface area contributed by atoms with E-state index < -0.39 is 11.9 Å². The van der Waals surface area contributed by atoms with E-state index in [2.05, 4.69) is 16.7 Å². The maximum absolute atomic E-state index is 11.8. The molecule has 124 valence electrons. The number of urea groups is 1. The van der Waals surface area contributed by atoms with Crippen LogP contribution >= 0.6 is 0 Å². The van der Waals surface area contributed by atoms with Gasteiger partial charge in [0.2, 0.25) is 0 Å². The number of rotatable bonds is 4. The van der Waals surface area contributed by atoms with Gasteiger partial charge in [-0.25, -0.2) is 4.79 Å². The first-order valence-electron chi connectivity index (χ1n) is 8.55. The van der Waals surface area contributed by atoms with Crippen molar-refractivity contribution in [3.8, 4) is 5.75 Å². The molecule has 23 heavy (non-hydrogen) atoms. The molecule has 1 aromatic carbocycles. The van der Waals surface area contributed by atoms with Gasteiger partial charge in [0.1, 0.15) is 5.75 Å². The predicted octanol–water partition coefficient (Wildman–Crippen LogP) is 2.71. The number of ether oxygens (including phenoxy) is 1. The Morgan fingerprint density at radius 3 is 2.65 bits per heavy atom. The van der Waals surface area contributed by atoms with Crippen LogP contribution in [0.2, 0.25) is 0 Å². The van der Waals surface area contributed by atoms with Crippen molar-refractivity contribution < 1.29 is 14.3 Å². The van der Waals surface area contributed by atoms with Gasteiger partial charge < -0.3 is 10.1 Å². The summed E-state index contributed by atoms with van der Waals surface area (Å²) in [6.45, 7) is -0.142. The molecule has 2 aliphatic carbocycles. The molecule has 3 amide bonds. The van der Waals surface area contributed by atoms with Crippen molar-refractivity contribution in [3.05, 3.63) is 29.3 Å².